The van der Waals surface area contributed by atoms with E-state index in [-0.39, 0.29) is 11.1 Å². The number of nitrogens with one attached hydrogen (secondary N) is 1. The van der Waals surface area contributed by atoms with E-state index in [1.54, 1.807) is 18.5 Å². The van der Waals surface area contributed by atoms with Crippen LogP contribution in [-0.2, 0) is 23.5 Å². The zero-order valence-corrected chi connectivity index (χ0v) is 13.8. The van der Waals surface area contributed by atoms with Crippen LogP contribution in [0.5, 0.6) is 0 Å². The van der Waals surface area contributed by atoms with Gasteiger partial charge in [-0.15, -0.1) is 0 Å². The zero-order valence-electron chi connectivity index (χ0n) is 12.9. The maximum absolute atomic E-state index is 12.5. The standard InChI is InChI=1S/C15H20N4O2S/c1-11-16-15(10-18(11)2)22(20,21)17-13-8-12-6-4-5-7-14(12)19(3)9-13/h4-7,10,13,17H,8-9H2,1-3H3/t13-/m1/s1. The lowest BCUT2D eigenvalue weighted by molar-refractivity contribution is 0.532. The van der Waals surface area contributed by atoms with Crippen LogP contribution in [-0.4, -0.2) is 37.6 Å². The van der Waals surface area contributed by atoms with Crippen molar-refractivity contribution in [1.82, 2.24) is 14.3 Å². The van der Waals surface area contributed by atoms with Gasteiger partial charge in [0.05, 0.1) is 0 Å². The molecule has 0 radical (unpaired) electrons. The fourth-order valence-corrected chi connectivity index (χ4v) is 4.10. The highest BCUT2D eigenvalue weighted by Gasteiger charge is 2.28. The Morgan fingerprint density at radius 1 is 1.27 bits per heavy atom. The van der Waals surface area contributed by atoms with Crippen LogP contribution in [0.1, 0.15) is 11.4 Å². The minimum atomic E-state index is -3.60. The number of hydrogen-bond acceptors (Lipinski definition) is 4. The third-order valence-corrected chi connectivity index (χ3v) is 5.44. The summed E-state index contributed by atoms with van der Waals surface area (Å²) in [4.78, 5) is 6.19. The SMILES string of the molecule is Cc1nc(S(=O)(=O)N[C@@H]2Cc3ccccc3N(C)C2)cn1C. The minimum Gasteiger partial charge on any atom is -0.373 e. The van der Waals surface area contributed by atoms with E-state index in [1.165, 1.54) is 6.20 Å². The van der Waals surface area contributed by atoms with E-state index in [0.717, 1.165) is 11.3 Å². The highest BCUT2D eigenvalue weighted by Crippen LogP contribution is 2.26. The predicted molar refractivity (Wildman–Crippen MR) is 85.5 cm³/mol. The second-order valence-corrected chi connectivity index (χ2v) is 7.43. The second kappa shape index (κ2) is 5.40. The van der Waals surface area contributed by atoms with E-state index >= 15 is 0 Å². The molecule has 1 atom stereocenters. The fourth-order valence-electron chi connectivity index (χ4n) is 2.83. The maximum Gasteiger partial charge on any atom is 0.259 e. The lowest BCUT2D eigenvalue weighted by Gasteiger charge is -2.33. The van der Waals surface area contributed by atoms with E-state index in [9.17, 15) is 8.42 Å². The molecular formula is C15H20N4O2S. The minimum absolute atomic E-state index is 0.0778. The van der Waals surface area contributed by atoms with E-state index in [4.69, 9.17) is 0 Å². The number of rotatable bonds is 3. The number of anilines is 1. The average molecular weight is 320 g/mol. The van der Waals surface area contributed by atoms with E-state index in [1.807, 2.05) is 25.2 Å². The Morgan fingerprint density at radius 3 is 2.68 bits per heavy atom. The molecule has 1 aliphatic heterocycles. The van der Waals surface area contributed by atoms with Crippen LogP contribution in [0.3, 0.4) is 0 Å². The van der Waals surface area contributed by atoms with Crippen molar-refractivity contribution in [3.63, 3.8) is 0 Å². The molecular weight excluding hydrogens is 300 g/mol. The Hall–Kier alpha value is -1.86. The summed E-state index contributed by atoms with van der Waals surface area (Å²) in [7, 11) is 0.164. The summed E-state index contributed by atoms with van der Waals surface area (Å²) >= 11 is 0. The van der Waals surface area contributed by atoms with Crippen LogP contribution in [0.15, 0.2) is 35.5 Å². The molecule has 118 valence electrons. The number of likely N-dealkylation sites (N-methyl/N-ethyl adjacent to an activating group) is 1. The topological polar surface area (TPSA) is 67.2 Å². The number of aryl methyl sites for hydroxylation is 2. The highest BCUT2D eigenvalue weighted by atomic mass is 32.2. The summed E-state index contributed by atoms with van der Waals surface area (Å²) in [5.74, 6) is 0.673. The molecule has 3 rings (SSSR count). The highest BCUT2D eigenvalue weighted by molar-refractivity contribution is 7.89. The summed E-state index contributed by atoms with van der Waals surface area (Å²) < 4.78 is 29.4. The van der Waals surface area contributed by atoms with Crippen molar-refractivity contribution in [1.29, 1.82) is 0 Å². The number of sulfonamides is 1. The van der Waals surface area contributed by atoms with Crippen LogP contribution in [0.25, 0.3) is 0 Å². The first kappa shape index (κ1) is 15.1. The Labute approximate surface area is 130 Å². The Morgan fingerprint density at radius 2 is 2.00 bits per heavy atom. The third-order valence-electron chi connectivity index (χ3n) is 4.05. The number of nitrogens with zero attached hydrogens (tertiary/aromatic N) is 3. The van der Waals surface area contributed by atoms with Gasteiger partial charge in [0.15, 0.2) is 5.03 Å². The number of fused-ring (bicyclic) bond motifs is 1. The summed E-state index contributed by atoms with van der Waals surface area (Å²) in [6.07, 6.45) is 2.23. The first-order valence-electron chi connectivity index (χ1n) is 7.18. The zero-order chi connectivity index (χ0) is 15.9. The van der Waals surface area contributed by atoms with Gasteiger partial charge in [0.25, 0.3) is 10.0 Å². The van der Waals surface area contributed by atoms with Crippen LogP contribution in [0.2, 0.25) is 0 Å². The van der Waals surface area contributed by atoms with Crippen LogP contribution < -0.4 is 9.62 Å². The summed E-state index contributed by atoms with van der Waals surface area (Å²) in [5, 5.41) is 0.0778. The quantitative estimate of drug-likeness (QED) is 0.918. The van der Waals surface area contributed by atoms with Gasteiger partial charge in [0.2, 0.25) is 0 Å². The van der Waals surface area contributed by atoms with Gasteiger partial charge in [-0.1, -0.05) is 18.2 Å². The molecule has 1 aliphatic rings. The first-order chi connectivity index (χ1) is 10.4. The van der Waals surface area contributed by atoms with Crippen molar-refractivity contribution in [3.05, 3.63) is 41.9 Å². The average Bonchev–Trinajstić information content (AvgIpc) is 2.79. The lowest BCUT2D eigenvalue weighted by atomic mass is 9.99. The lowest BCUT2D eigenvalue weighted by Crippen LogP contribution is -2.47. The van der Waals surface area contributed by atoms with Gasteiger partial charge < -0.3 is 9.47 Å². The van der Waals surface area contributed by atoms with E-state index in [0.29, 0.717) is 18.8 Å². The molecule has 0 saturated carbocycles. The summed E-state index contributed by atoms with van der Waals surface area (Å²) in [6, 6.07) is 7.91. The van der Waals surface area contributed by atoms with Gasteiger partial charge in [-0.25, -0.2) is 18.1 Å². The van der Waals surface area contributed by atoms with Crippen molar-refractivity contribution in [2.75, 3.05) is 18.5 Å². The number of imidazole rings is 1. The molecule has 2 aromatic rings. The molecule has 0 spiro atoms. The molecule has 0 amide bonds. The molecule has 1 aromatic carbocycles. The largest absolute Gasteiger partial charge is 0.373 e. The van der Waals surface area contributed by atoms with Crippen molar-refractivity contribution >= 4 is 15.7 Å². The van der Waals surface area contributed by atoms with E-state index < -0.39 is 10.0 Å². The van der Waals surface area contributed by atoms with Crippen molar-refractivity contribution in [2.45, 2.75) is 24.4 Å². The van der Waals surface area contributed by atoms with Crippen LogP contribution in [0.4, 0.5) is 5.69 Å². The number of aromatic nitrogens is 2. The molecule has 0 bridgehead atoms. The molecule has 0 fully saturated rings. The number of para-hydroxylation sites is 1. The molecule has 22 heavy (non-hydrogen) atoms. The number of benzene rings is 1. The molecule has 0 aliphatic carbocycles. The Bertz CT molecular complexity index is 778. The first-order valence-corrected chi connectivity index (χ1v) is 8.66. The summed E-state index contributed by atoms with van der Waals surface area (Å²) in [6.45, 7) is 2.42. The van der Waals surface area contributed by atoms with Crippen molar-refractivity contribution in [3.8, 4) is 0 Å². The van der Waals surface area contributed by atoms with E-state index in [2.05, 4.69) is 20.7 Å². The van der Waals surface area contributed by atoms with Gasteiger partial charge >= 0.3 is 0 Å². The van der Waals surface area contributed by atoms with Gasteiger partial charge in [-0.3, -0.25) is 0 Å². The normalized spacial score (nSPS) is 18.3. The third kappa shape index (κ3) is 2.74. The van der Waals surface area contributed by atoms with Crippen molar-refractivity contribution < 1.29 is 8.42 Å². The Kier molecular flexibility index (Phi) is 3.70. The van der Waals surface area contributed by atoms with Crippen LogP contribution in [0, 0.1) is 6.92 Å². The summed E-state index contributed by atoms with van der Waals surface area (Å²) in [5.41, 5.74) is 2.31. The Balaban J connectivity index is 1.82. The number of hydrogen-bond donors (Lipinski definition) is 1. The van der Waals surface area contributed by atoms with Gasteiger partial charge in [0, 0.05) is 38.6 Å². The van der Waals surface area contributed by atoms with Gasteiger partial charge in [-0.2, -0.15) is 0 Å². The molecule has 1 N–H and O–H groups in total. The smallest absolute Gasteiger partial charge is 0.259 e. The molecule has 1 aromatic heterocycles. The molecule has 0 unspecified atom stereocenters. The fraction of sp³-hybridized carbons (Fsp3) is 0.400. The molecule has 0 saturated heterocycles. The van der Waals surface area contributed by atoms with Gasteiger partial charge in [-0.05, 0) is 25.0 Å². The maximum atomic E-state index is 12.5. The molecule has 7 heteroatoms. The molecule has 2 heterocycles. The van der Waals surface area contributed by atoms with Crippen LogP contribution >= 0.6 is 0 Å². The van der Waals surface area contributed by atoms with Crippen molar-refractivity contribution in [2.24, 2.45) is 7.05 Å². The monoisotopic (exact) mass is 320 g/mol. The van der Waals surface area contributed by atoms with Gasteiger partial charge in [0.1, 0.15) is 5.82 Å². The predicted octanol–water partition coefficient (Wildman–Crippen LogP) is 1.07. The molecule has 6 nitrogen and oxygen atoms in total. The second-order valence-electron chi connectivity index (χ2n) is 5.77.